The van der Waals surface area contributed by atoms with Crippen molar-refractivity contribution in [2.75, 3.05) is 7.05 Å². The van der Waals surface area contributed by atoms with Crippen LogP contribution < -0.4 is 5.32 Å². The number of likely N-dealkylation sites (N-methyl/N-ethyl adjacent to an activating group) is 1. The summed E-state index contributed by atoms with van der Waals surface area (Å²) in [5, 5.41) is 3.22. The van der Waals surface area contributed by atoms with Crippen LogP contribution >= 0.6 is 0 Å². The third kappa shape index (κ3) is 3.23. The quantitative estimate of drug-likeness (QED) is 0.673. The van der Waals surface area contributed by atoms with E-state index < -0.39 is 11.7 Å². The van der Waals surface area contributed by atoms with Crippen LogP contribution in [0, 0.1) is 34.5 Å². The van der Waals surface area contributed by atoms with Crippen LogP contribution in [-0.4, -0.2) is 39.4 Å². The van der Waals surface area contributed by atoms with Crippen molar-refractivity contribution in [3.63, 3.8) is 0 Å². The van der Waals surface area contributed by atoms with Gasteiger partial charge in [-0.05, 0) is 79.9 Å². The molecule has 7 atom stereocenters. The fourth-order valence-corrected chi connectivity index (χ4v) is 8.90. The zero-order valence-electron chi connectivity index (χ0n) is 21.8. The van der Waals surface area contributed by atoms with E-state index in [-0.39, 0.29) is 28.7 Å². The van der Waals surface area contributed by atoms with Crippen molar-refractivity contribution in [3.8, 4) is 0 Å². The number of benzene rings is 1. The van der Waals surface area contributed by atoms with E-state index >= 15 is 0 Å². The van der Waals surface area contributed by atoms with Crippen molar-refractivity contribution in [1.29, 1.82) is 0 Å². The summed E-state index contributed by atoms with van der Waals surface area (Å²) < 4.78 is 16.7. The van der Waals surface area contributed by atoms with Gasteiger partial charge in [-0.1, -0.05) is 26.0 Å². The van der Waals surface area contributed by atoms with Crippen LogP contribution in [0.5, 0.6) is 0 Å². The molecule has 1 aromatic carbocycles. The van der Waals surface area contributed by atoms with Crippen molar-refractivity contribution >= 4 is 22.8 Å². The van der Waals surface area contributed by atoms with E-state index in [9.17, 15) is 14.0 Å². The summed E-state index contributed by atoms with van der Waals surface area (Å²) in [4.78, 5) is 32.2. The number of carbonyl (C=O) groups excluding carboxylic acids is 2. The number of amides is 2. The summed E-state index contributed by atoms with van der Waals surface area (Å²) in [5.41, 5.74) is 1.63. The second kappa shape index (κ2) is 8.15. The minimum absolute atomic E-state index is 0.00782. The fraction of sp³-hybridized carbons (Fsp3) is 0.621. The van der Waals surface area contributed by atoms with E-state index in [1.165, 1.54) is 0 Å². The highest BCUT2D eigenvalue weighted by molar-refractivity contribution is 5.92. The first-order chi connectivity index (χ1) is 17.1. The molecule has 3 aliphatic carbocycles. The molecule has 6 nitrogen and oxygen atoms in total. The summed E-state index contributed by atoms with van der Waals surface area (Å²) in [6.45, 7) is 4.91. The van der Waals surface area contributed by atoms with Crippen molar-refractivity contribution in [2.24, 2.45) is 41.5 Å². The number of fused-ring (bicyclic) bond motifs is 6. The van der Waals surface area contributed by atoms with E-state index in [1.54, 1.807) is 18.0 Å². The number of halogens is 1. The average Bonchev–Trinajstić information content (AvgIpc) is 3.38. The SMILES string of the molecule is CN1C(=O)C(F)=C[C@]2(C)C3CC[C@]4(C)[C@@H](C(=O)NCc5nc6ccccc6n5C)CC[C@H]4C3CC[C@@H]12. The molecule has 6 rings (SSSR count). The van der Waals surface area contributed by atoms with Gasteiger partial charge in [0.25, 0.3) is 5.91 Å². The van der Waals surface area contributed by atoms with Gasteiger partial charge in [0.2, 0.25) is 5.91 Å². The molecule has 3 fully saturated rings. The molecule has 0 spiro atoms. The lowest BCUT2D eigenvalue weighted by Crippen LogP contribution is -2.60. The lowest BCUT2D eigenvalue weighted by Gasteiger charge is -2.60. The van der Waals surface area contributed by atoms with Crippen LogP contribution in [0.3, 0.4) is 0 Å². The number of para-hydroxylation sites is 2. The molecule has 1 N–H and O–H groups in total. The number of nitrogens with one attached hydrogen (secondary N) is 1. The first-order valence-corrected chi connectivity index (χ1v) is 13.5. The summed E-state index contributed by atoms with van der Waals surface area (Å²) >= 11 is 0. The second-order valence-corrected chi connectivity index (χ2v) is 12.2. The largest absolute Gasteiger partial charge is 0.349 e. The Morgan fingerprint density at radius 2 is 1.89 bits per heavy atom. The summed E-state index contributed by atoms with van der Waals surface area (Å²) in [6.07, 6.45) is 7.50. The molecule has 192 valence electrons. The molecule has 1 aliphatic heterocycles. The van der Waals surface area contributed by atoms with Crippen molar-refractivity contribution in [2.45, 2.75) is 65.0 Å². The lowest BCUT2D eigenvalue weighted by molar-refractivity contribution is -0.145. The minimum Gasteiger partial charge on any atom is -0.349 e. The number of imidazole rings is 1. The lowest BCUT2D eigenvalue weighted by atomic mass is 9.47. The Hall–Kier alpha value is -2.70. The third-order valence-corrected chi connectivity index (χ3v) is 10.8. The highest BCUT2D eigenvalue weighted by Crippen LogP contribution is 2.65. The van der Waals surface area contributed by atoms with Gasteiger partial charge in [0.1, 0.15) is 5.82 Å². The minimum atomic E-state index is -0.601. The van der Waals surface area contributed by atoms with Gasteiger partial charge in [-0.3, -0.25) is 9.59 Å². The van der Waals surface area contributed by atoms with E-state index in [0.717, 1.165) is 55.4 Å². The van der Waals surface area contributed by atoms with E-state index in [1.807, 2.05) is 31.3 Å². The first-order valence-electron chi connectivity index (χ1n) is 13.5. The van der Waals surface area contributed by atoms with Gasteiger partial charge in [0.05, 0.1) is 17.6 Å². The first kappa shape index (κ1) is 23.7. The maximum atomic E-state index is 14.6. The number of hydrogen-bond donors (Lipinski definition) is 1. The molecule has 2 unspecified atom stereocenters. The molecule has 4 aliphatic rings. The molecule has 7 heteroatoms. The Morgan fingerprint density at radius 3 is 2.67 bits per heavy atom. The van der Waals surface area contributed by atoms with Gasteiger partial charge in [-0.15, -0.1) is 0 Å². The molecule has 2 heterocycles. The Bertz CT molecular complexity index is 1270. The van der Waals surface area contributed by atoms with Crippen LogP contribution in [0.25, 0.3) is 11.0 Å². The molecular weight excluding hydrogens is 455 g/mol. The van der Waals surface area contributed by atoms with Crippen LogP contribution in [0.15, 0.2) is 36.2 Å². The van der Waals surface area contributed by atoms with E-state index in [2.05, 4.69) is 23.7 Å². The number of rotatable bonds is 3. The topological polar surface area (TPSA) is 67.2 Å². The summed E-state index contributed by atoms with van der Waals surface area (Å²) in [6, 6.07) is 8.09. The monoisotopic (exact) mass is 492 g/mol. The zero-order valence-corrected chi connectivity index (χ0v) is 21.8. The van der Waals surface area contributed by atoms with Gasteiger partial charge in [0, 0.05) is 31.5 Å². The standard InChI is InChI=1S/C29H37FN4O2/c1-28-14-13-19-17(9-12-24-29(19,2)15-21(30)27(36)34(24)4)18(28)10-11-20(28)26(35)31-16-25-32-22-7-5-6-8-23(22)33(25)3/h5-8,15,17-20,24H,9-14,16H2,1-4H3,(H,31,35)/t17?,18-,19?,20+,24+,28-,29+/m0/s1. The van der Waals surface area contributed by atoms with Crippen LogP contribution in [0.4, 0.5) is 4.39 Å². The highest BCUT2D eigenvalue weighted by atomic mass is 19.1. The smallest absolute Gasteiger partial charge is 0.282 e. The van der Waals surface area contributed by atoms with Crippen molar-refractivity contribution < 1.29 is 14.0 Å². The Balaban J connectivity index is 1.20. The van der Waals surface area contributed by atoms with Gasteiger partial charge >= 0.3 is 0 Å². The molecule has 0 radical (unpaired) electrons. The van der Waals surface area contributed by atoms with Crippen molar-refractivity contribution in [3.05, 3.63) is 42.0 Å². The average molecular weight is 493 g/mol. The molecule has 3 saturated carbocycles. The maximum Gasteiger partial charge on any atom is 0.282 e. The normalized spacial score (nSPS) is 37.8. The molecule has 2 amide bonds. The van der Waals surface area contributed by atoms with Gasteiger partial charge < -0.3 is 14.8 Å². The number of aryl methyl sites for hydroxylation is 1. The van der Waals surface area contributed by atoms with Crippen LogP contribution in [0.2, 0.25) is 0 Å². The number of hydrogen-bond acceptors (Lipinski definition) is 3. The molecule has 0 saturated heterocycles. The molecule has 2 aromatic rings. The van der Waals surface area contributed by atoms with E-state index in [4.69, 9.17) is 4.98 Å². The third-order valence-electron chi connectivity index (χ3n) is 10.8. The predicted molar refractivity (Wildman–Crippen MR) is 136 cm³/mol. The number of aromatic nitrogens is 2. The van der Waals surface area contributed by atoms with Gasteiger partial charge in [0.15, 0.2) is 5.83 Å². The summed E-state index contributed by atoms with van der Waals surface area (Å²) in [5.74, 6) is 1.19. The Kier molecular flexibility index (Phi) is 5.36. The number of carbonyl (C=O) groups is 2. The molecular formula is C29H37FN4O2. The maximum absolute atomic E-state index is 14.6. The van der Waals surface area contributed by atoms with Crippen molar-refractivity contribution in [1.82, 2.24) is 19.8 Å². The second-order valence-electron chi connectivity index (χ2n) is 12.2. The fourth-order valence-electron chi connectivity index (χ4n) is 8.90. The van der Waals surface area contributed by atoms with Crippen LogP contribution in [-0.2, 0) is 23.2 Å². The van der Waals surface area contributed by atoms with E-state index in [0.29, 0.717) is 24.3 Å². The van der Waals surface area contributed by atoms with Crippen LogP contribution in [0.1, 0.15) is 58.2 Å². The molecule has 36 heavy (non-hydrogen) atoms. The Labute approximate surface area is 212 Å². The predicted octanol–water partition coefficient (Wildman–Crippen LogP) is 4.74. The molecule has 0 bridgehead atoms. The Morgan fingerprint density at radius 1 is 1.11 bits per heavy atom. The highest BCUT2D eigenvalue weighted by Gasteiger charge is 2.62. The number of nitrogens with zero attached hydrogens (tertiary/aromatic N) is 3. The molecule has 1 aromatic heterocycles. The summed E-state index contributed by atoms with van der Waals surface area (Å²) in [7, 11) is 3.75. The van der Waals surface area contributed by atoms with Gasteiger partial charge in [-0.25, -0.2) is 9.37 Å². The zero-order chi connectivity index (χ0) is 25.4. The van der Waals surface area contributed by atoms with Gasteiger partial charge in [-0.2, -0.15) is 0 Å².